The van der Waals surface area contributed by atoms with Gasteiger partial charge in [-0.25, -0.2) is 0 Å². The highest BCUT2D eigenvalue weighted by Gasteiger charge is 2.30. The molecule has 0 fully saturated rings. The number of alkyl halides is 3. The summed E-state index contributed by atoms with van der Waals surface area (Å²) in [6.07, 6.45) is -4.29. The van der Waals surface area contributed by atoms with Crippen LogP contribution in [0.3, 0.4) is 0 Å². The minimum atomic E-state index is -4.29. The molecule has 92 valence electrons. The van der Waals surface area contributed by atoms with Crippen molar-refractivity contribution < 1.29 is 13.2 Å². The standard InChI is InChI=1S/C12H13F3N2/c1-7(16-2)11-6-8-5-9(12(13,14)15)3-4-10(8)17-11/h3-7,16-17H,1-2H3. The summed E-state index contributed by atoms with van der Waals surface area (Å²) in [5.74, 6) is 0. The highest BCUT2D eigenvalue weighted by atomic mass is 19.4. The third-order valence-corrected chi connectivity index (χ3v) is 2.87. The first kappa shape index (κ1) is 12.0. The summed E-state index contributed by atoms with van der Waals surface area (Å²) in [6.45, 7) is 1.94. The normalized spacial score (nSPS) is 14.2. The van der Waals surface area contributed by atoms with Gasteiger partial charge in [-0.3, -0.25) is 0 Å². The summed E-state index contributed by atoms with van der Waals surface area (Å²) in [5, 5.41) is 3.61. The second-order valence-electron chi connectivity index (χ2n) is 4.03. The lowest BCUT2D eigenvalue weighted by Crippen LogP contribution is -2.12. The van der Waals surface area contributed by atoms with E-state index in [2.05, 4.69) is 10.3 Å². The monoisotopic (exact) mass is 242 g/mol. The Morgan fingerprint density at radius 1 is 1.24 bits per heavy atom. The van der Waals surface area contributed by atoms with Gasteiger partial charge in [0.25, 0.3) is 0 Å². The predicted molar refractivity (Wildman–Crippen MR) is 60.8 cm³/mol. The van der Waals surface area contributed by atoms with Crippen molar-refractivity contribution in [2.24, 2.45) is 0 Å². The molecule has 0 bridgehead atoms. The summed E-state index contributed by atoms with van der Waals surface area (Å²) >= 11 is 0. The summed E-state index contributed by atoms with van der Waals surface area (Å²) in [5.41, 5.74) is 0.976. The first-order chi connectivity index (χ1) is 7.91. The van der Waals surface area contributed by atoms with Crippen molar-refractivity contribution in [3.63, 3.8) is 0 Å². The van der Waals surface area contributed by atoms with Crippen LogP contribution in [0.1, 0.15) is 24.2 Å². The van der Waals surface area contributed by atoms with Crippen LogP contribution in [0.2, 0.25) is 0 Å². The summed E-state index contributed by atoms with van der Waals surface area (Å²) in [6, 6.07) is 5.54. The van der Waals surface area contributed by atoms with Gasteiger partial charge in [0, 0.05) is 22.6 Å². The zero-order valence-electron chi connectivity index (χ0n) is 9.52. The molecule has 0 radical (unpaired) electrons. The molecule has 0 spiro atoms. The molecule has 0 saturated heterocycles. The quantitative estimate of drug-likeness (QED) is 0.829. The van der Waals surface area contributed by atoms with E-state index in [-0.39, 0.29) is 6.04 Å². The molecule has 0 saturated carbocycles. The van der Waals surface area contributed by atoms with Crippen molar-refractivity contribution >= 4 is 10.9 Å². The number of halogens is 3. The van der Waals surface area contributed by atoms with Gasteiger partial charge in [-0.15, -0.1) is 0 Å². The molecular weight excluding hydrogens is 229 g/mol. The molecule has 0 amide bonds. The van der Waals surface area contributed by atoms with Gasteiger partial charge in [-0.2, -0.15) is 13.2 Å². The smallest absolute Gasteiger partial charge is 0.357 e. The molecule has 1 aromatic heterocycles. The minimum Gasteiger partial charge on any atom is -0.357 e. The molecular formula is C12H13F3N2. The van der Waals surface area contributed by atoms with Crippen LogP contribution < -0.4 is 5.32 Å². The predicted octanol–water partition coefficient (Wildman–Crippen LogP) is 3.47. The van der Waals surface area contributed by atoms with Crippen molar-refractivity contribution in [3.8, 4) is 0 Å². The Kier molecular flexibility index (Phi) is 2.87. The van der Waals surface area contributed by atoms with E-state index in [0.29, 0.717) is 5.39 Å². The number of rotatable bonds is 2. The molecule has 2 nitrogen and oxygen atoms in total. The van der Waals surface area contributed by atoms with Gasteiger partial charge in [0.1, 0.15) is 0 Å². The molecule has 0 aliphatic rings. The molecule has 1 aromatic carbocycles. The number of aromatic nitrogens is 1. The number of aromatic amines is 1. The summed E-state index contributed by atoms with van der Waals surface area (Å²) < 4.78 is 37.6. The number of nitrogens with one attached hydrogen (secondary N) is 2. The fourth-order valence-corrected chi connectivity index (χ4v) is 1.72. The number of benzene rings is 1. The van der Waals surface area contributed by atoms with Crippen LogP contribution in [-0.4, -0.2) is 12.0 Å². The van der Waals surface area contributed by atoms with Crippen LogP contribution in [0, 0.1) is 0 Å². The summed E-state index contributed by atoms with van der Waals surface area (Å²) in [7, 11) is 1.80. The highest BCUT2D eigenvalue weighted by molar-refractivity contribution is 5.81. The largest absolute Gasteiger partial charge is 0.416 e. The van der Waals surface area contributed by atoms with Crippen LogP contribution in [0.5, 0.6) is 0 Å². The van der Waals surface area contributed by atoms with Crippen LogP contribution in [0.25, 0.3) is 10.9 Å². The van der Waals surface area contributed by atoms with E-state index in [9.17, 15) is 13.2 Å². The van der Waals surface area contributed by atoms with Crippen LogP contribution in [-0.2, 0) is 6.18 Å². The van der Waals surface area contributed by atoms with Crippen molar-refractivity contribution in [1.82, 2.24) is 10.3 Å². The maximum atomic E-state index is 12.5. The Bertz CT molecular complexity index is 528. The Hall–Kier alpha value is -1.49. The van der Waals surface area contributed by atoms with Gasteiger partial charge >= 0.3 is 6.18 Å². The number of fused-ring (bicyclic) bond motifs is 1. The van der Waals surface area contributed by atoms with E-state index in [0.717, 1.165) is 23.3 Å². The van der Waals surface area contributed by atoms with Gasteiger partial charge in [0.15, 0.2) is 0 Å². The first-order valence-corrected chi connectivity index (χ1v) is 5.29. The molecule has 17 heavy (non-hydrogen) atoms. The van der Waals surface area contributed by atoms with Crippen LogP contribution >= 0.6 is 0 Å². The van der Waals surface area contributed by atoms with Crippen molar-refractivity contribution in [1.29, 1.82) is 0 Å². The average molecular weight is 242 g/mol. The van der Waals surface area contributed by atoms with E-state index in [1.54, 1.807) is 13.1 Å². The molecule has 1 unspecified atom stereocenters. The van der Waals surface area contributed by atoms with Crippen molar-refractivity contribution in [3.05, 3.63) is 35.5 Å². The van der Waals surface area contributed by atoms with Gasteiger partial charge in [0.05, 0.1) is 5.56 Å². The molecule has 1 heterocycles. The fourth-order valence-electron chi connectivity index (χ4n) is 1.72. The van der Waals surface area contributed by atoms with Crippen molar-refractivity contribution in [2.45, 2.75) is 19.1 Å². The second-order valence-corrected chi connectivity index (χ2v) is 4.03. The third-order valence-electron chi connectivity index (χ3n) is 2.87. The van der Waals surface area contributed by atoms with Gasteiger partial charge in [-0.05, 0) is 38.2 Å². The maximum Gasteiger partial charge on any atom is 0.416 e. The molecule has 2 rings (SSSR count). The zero-order valence-corrected chi connectivity index (χ0v) is 9.52. The zero-order chi connectivity index (χ0) is 12.6. The molecule has 1 atom stereocenters. The average Bonchev–Trinajstić information content (AvgIpc) is 2.69. The van der Waals surface area contributed by atoms with Crippen molar-refractivity contribution in [2.75, 3.05) is 7.05 Å². The van der Waals surface area contributed by atoms with E-state index < -0.39 is 11.7 Å². The lowest BCUT2D eigenvalue weighted by molar-refractivity contribution is -0.137. The highest BCUT2D eigenvalue weighted by Crippen LogP contribution is 2.32. The fraction of sp³-hybridized carbons (Fsp3) is 0.333. The Morgan fingerprint density at radius 3 is 2.53 bits per heavy atom. The molecule has 2 N–H and O–H groups in total. The summed E-state index contributed by atoms with van der Waals surface area (Å²) in [4.78, 5) is 3.10. The van der Waals surface area contributed by atoms with E-state index >= 15 is 0 Å². The Balaban J connectivity index is 2.48. The van der Waals surface area contributed by atoms with Gasteiger partial charge < -0.3 is 10.3 Å². The molecule has 5 heteroatoms. The van der Waals surface area contributed by atoms with Crippen LogP contribution in [0.15, 0.2) is 24.3 Å². The SMILES string of the molecule is CNC(C)c1cc2cc(C(F)(F)F)ccc2[nH]1. The van der Waals surface area contributed by atoms with Crippen LogP contribution in [0.4, 0.5) is 13.2 Å². The topological polar surface area (TPSA) is 27.8 Å². The first-order valence-electron chi connectivity index (χ1n) is 5.29. The Labute approximate surface area is 96.8 Å². The molecule has 0 aliphatic carbocycles. The van der Waals surface area contributed by atoms with E-state index in [1.807, 2.05) is 6.92 Å². The number of hydrogen-bond donors (Lipinski definition) is 2. The van der Waals surface area contributed by atoms with E-state index in [1.165, 1.54) is 6.07 Å². The Morgan fingerprint density at radius 2 is 1.94 bits per heavy atom. The molecule has 2 aromatic rings. The maximum absolute atomic E-state index is 12.5. The lowest BCUT2D eigenvalue weighted by Gasteiger charge is -2.06. The lowest BCUT2D eigenvalue weighted by atomic mass is 10.1. The number of hydrogen-bond acceptors (Lipinski definition) is 1. The number of H-pyrrole nitrogens is 1. The van der Waals surface area contributed by atoms with Gasteiger partial charge in [-0.1, -0.05) is 0 Å². The van der Waals surface area contributed by atoms with E-state index in [4.69, 9.17) is 0 Å². The minimum absolute atomic E-state index is 0.0803. The third kappa shape index (κ3) is 2.29. The molecule has 0 aliphatic heterocycles. The second kappa shape index (κ2) is 4.07. The van der Waals surface area contributed by atoms with Gasteiger partial charge in [0.2, 0.25) is 0 Å².